The first-order chi connectivity index (χ1) is 9.52. The molecule has 0 aliphatic rings. The summed E-state index contributed by atoms with van der Waals surface area (Å²) in [6, 6.07) is 5.07. The van der Waals surface area contributed by atoms with Crippen molar-refractivity contribution in [2.45, 2.75) is 32.2 Å². The van der Waals surface area contributed by atoms with E-state index in [2.05, 4.69) is 10.3 Å². The molecule has 1 aromatic rings. The Morgan fingerprint density at radius 1 is 1.45 bits per heavy atom. The van der Waals surface area contributed by atoms with E-state index in [1.807, 2.05) is 25.1 Å². The maximum atomic E-state index is 11.9. The molecule has 0 bridgehead atoms. The van der Waals surface area contributed by atoms with Crippen LogP contribution in [-0.4, -0.2) is 46.6 Å². The van der Waals surface area contributed by atoms with Crippen LogP contribution in [0, 0.1) is 0 Å². The lowest BCUT2D eigenvalue weighted by Gasteiger charge is -2.21. The van der Waals surface area contributed by atoms with Crippen LogP contribution in [0.2, 0.25) is 0 Å². The zero-order chi connectivity index (χ0) is 15.0. The maximum absolute atomic E-state index is 11.9. The van der Waals surface area contributed by atoms with Gasteiger partial charge in [0.15, 0.2) is 0 Å². The van der Waals surface area contributed by atoms with Gasteiger partial charge in [-0.25, -0.2) is 4.79 Å². The molecule has 2 amide bonds. The summed E-state index contributed by atoms with van der Waals surface area (Å²) < 4.78 is 0. The van der Waals surface area contributed by atoms with Crippen LogP contribution in [0.25, 0.3) is 0 Å². The number of urea groups is 1. The number of nitrogens with zero attached hydrogens (tertiary/aromatic N) is 2. The van der Waals surface area contributed by atoms with Gasteiger partial charge in [0.25, 0.3) is 0 Å². The van der Waals surface area contributed by atoms with E-state index in [-0.39, 0.29) is 18.5 Å². The monoisotopic (exact) mass is 279 g/mol. The number of carboxylic acids is 1. The van der Waals surface area contributed by atoms with Crippen molar-refractivity contribution in [3.63, 3.8) is 0 Å². The Labute approximate surface area is 118 Å². The van der Waals surface area contributed by atoms with Crippen LogP contribution in [0.1, 0.15) is 25.5 Å². The van der Waals surface area contributed by atoms with Crippen LogP contribution in [0.5, 0.6) is 0 Å². The molecule has 0 aliphatic heterocycles. The van der Waals surface area contributed by atoms with Gasteiger partial charge in [-0.15, -0.1) is 0 Å². The van der Waals surface area contributed by atoms with E-state index in [4.69, 9.17) is 5.11 Å². The van der Waals surface area contributed by atoms with Gasteiger partial charge >= 0.3 is 12.0 Å². The predicted octanol–water partition coefficient (Wildman–Crippen LogP) is 1.52. The first-order valence-electron chi connectivity index (χ1n) is 6.66. The number of aliphatic carboxylic acids is 1. The number of likely N-dealkylation sites (N-methyl/N-ethyl adjacent to an activating group) is 1. The molecular formula is C14H21N3O3. The fourth-order valence-corrected chi connectivity index (χ4v) is 1.72. The fraction of sp³-hybridized carbons (Fsp3) is 0.500. The largest absolute Gasteiger partial charge is 0.481 e. The highest BCUT2D eigenvalue weighted by atomic mass is 16.4. The summed E-state index contributed by atoms with van der Waals surface area (Å²) in [7, 11) is 1.69. The number of pyridine rings is 1. The first kappa shape index (κ1) is 15.9. The highest BCUT2D eigenvalue weighted by Gasteiger charge is 2.16. The van der Waals surface area contributed by atoms with Crippen molar-refractivity contribution in [3.05, 3.63) is 30.1 Å². The van der Waals surface area contributed by atoms with Crippen LogP contribution in [-0.2, 0) is 11.2 Å². The number of carbonyl (C=O) groups excluding carboxylic acids is 1. The molecular weight excluding hydrogens is 258 g/mol. The molecule has 1 unspecified atom stereocenters. The molecule has 0 saturated heterocycles. The number of amides is 2. The Hall–Kier alpha value is -2.11. The lowest BCUT2D eigenvalue weighted by atomic mass is 10.1. The van der Waals surface area contributed by atoms with Gasteiger partial charge < -0.3 is 15.3 Å². The van der Waals surface area contributed by atoms with Gasteiger partial charge in [-0.2, -0.15) is 0 Å². The highest BCUT2D eigenvalue weighted by molar-refractivity contribution is 5.75. The number of carbonyl (C=O) groups is 2. The van der Waals surface area contributed by atoms with Crippen LogP contribution in [0.3, 0.4) is 0 Å². The van der Waals surface area contributed by atoms with Gasteiger partial charge in [0.05, 0.1) is 6.42 Å². The summed E-state index contributed by atoms with van der Waals surface area (Å²) in [5.41, 5.74) is 0.921. The SMILES string of the molecule is CCC(CC(=O)O)NC(=O)N(C)CCc1ccccn1. The van der Waals surface area contributed by atoms with E-state index in [0.29, 0.717) is 19.4 Å². The van der Waals surface area contributed by atoms with E-state index >= 15 is 0 Å². The number of hydrogen-bond donors (Lipinski definition) is 2. The minimum absolute atomic E-state index is 0.0592. The fourth-order valence-electron chi connectivity index (χ4n) is 1.72. The van der Waals surface area contributed by atoms with E-state index in [9.17, 15) is 9.59 Å². The molecule has 20 heavy (non-hydrogen) atoms. The summed E-state index contributed by atoms with van der Waals surface area (Å²) in [6.07, 6.45) is 2.91. The lowest BCUT2D eigenvalue weighted by molar-refractivity contribution is -0.137. The van der Waals surface area contributed by atoms with Crippen LogP contribution in [0.15, 0.2) is 24.4 Å². The highest BCUT2D eigenvalue weighted by Crippen LogP contribution is 2.01. The van der Waals surface area contributed by atoms with Gasteiger partial charge in [0, 0.05) is 37.9 Å². The molecule has 0 radical (unpaired) electrons. The molecule has 0 spiro atoms. The molecule has 2 N–H and O–H groups in total. The Morgan fingerprint density at radius 3 is 2.75 bits per heavy atom. The van der Waals surface area contributed by atoms with Gasteiger partial charge in [-0.1, -0.05) is 13.0 Å². The summed E-state index contributed by atoms with van der Waals surface area (Å²) >= 11 is 0. The minimum atomic E-state index is -0.909. The van der Waals surface area contributed by atoms with Crippen LogP contribution < -0.4 is 5.32 Å². The van der Waals surface area contributed by atoms with Gasteiger partial charge in [0.2, 0.25) is 0 Å². The zero-order valence-electron chi connectivity index (χ0n) is 11.9. The normalized spacial score (nSPS) is 11.7. The van der Waals surface area contributed by atoms with E-state index in [0.717, 1.165) is 5.69 Å². The minimum Gasteiger partial charge on any atom is -0.481 e. The predicted molar refractivity (Wildman–Crippen MR) is 75.4 cm³/mol. The van der Waals surface area contributed by atoms with Crippen molar-refractivity contribution in [2.24, 2.45) is 0 Å². The summed E-state index contributed by atoms with van der Waals surface area (Å²) in [5.74, 6) is -0.909. The smallest absolute Gasteiger partial charge is 0.317 e. The van der Waals surface area contributed by atoms with Crippen molar-refractivity contribution < 1.29 is 14.7 Å². The van der Waals surface area contributed by atoms with Crippen molar-refractivity contribution >= 4 is 12.0 Å². The molecule has 1 atom stereocenters. The van der Waals surface area contributed by atoms with Crippen LogP contribution >= 0.6 is 0 Å². The maximum Gasteiger partial charge on any atom is 0.317 e. The molecule has 1 rings (SSSR count). The van der Waals surface area contributed by atoms with E-state index < -0.39 is 5.97 Å². The molecule has 0 aliphatic carbocycles. The van der Waals surface area contributed by atoms with Crippen molar-refractivity contribution in [1.29, 1.82) is 0 Å². The van der Waals surface area contributed by atoms with Gasteiger partial charge in [0.1, 0.15) is 0 Å². The zero-order valence-corrected chi connectivity index (χ0v) is 11.9. The topological polar surface area (TPSA) is 82.5 Å². The third kappa shape index (κ3) is 5.69. The molecule has 1 aromatic heterocycles. The molecule has 110 valence electrons. The molecule has 0 fully saturated rings. The van der Waals surface area contributed by atoms with E-state index in [1.165, 1.54) is 0 Å². The second-order valence-electron chi connectivity index (χ2n) is 4.65. The van der Waals surface area contributed by atoms with Gasteiger partial charge in [-0.05, 0) is 18.6 Å². The summed E-state index contributed by atoms with van der Waals surface area (Å²) in [6.45, 7) is 2.38. The molecule has 6 nitrogen and oxygen atoms in total. The molecule has 0 saturated carbocycles. The van der Waals surface area contributed by atoms with Crippen LogP contribution in [0.4, 0.5) is 4.79 Å². The van der Waals surface area contributed by atoms with Crippen molar-refractivity contribution in [1.82, 2.24) is 15.2 Å². The number of aromatic nitrogens is 1. The van der Waals surface area contributed by atoms with Crippen molar-refractivity contribution in [3.8, 4) is 0 Å². The standard InChI is InChI=1S/C14H21N3O3/c1-3-11(10-13(18)19)16-14(20)17(2)9-7-12-6-4-5-8-15-12/h4-6,8,11H,3,7,9-10H2,1-2H3,(H,16,20)(H,18,19). The molecule has 1 heterocycles. The quantitative estimate of drug-likeness (QED) is 0.792. The third-order valence-electron chi connectivity index (χ3n) is 3.02. The first-order valence-corrected chi connectivity index (χ1v) is 6.66. The molecule has 0 aromatic carbocycles. The van der Waals surface area contributed by atoms with Gasteiger partial charge in [-0.3, -0.25) is 9.78 Å². The summed E-state index contributed by atoms with van der Waals surface area (Å²) in [5, 5.41) is 11.5. The Balaban J connectivity index is 2.40. The second-order valence-corrected chi connectivity index (χ2v) is 4.65. The lowest BCUT2D eigenvalue weighted by Crippen LogP contribution is -2.44. The molecule has 6 heteroatoms. The van der Waals surface area contributed by atoms with Crippen molar-refractivity contribution in [2.75, 3.05) is 13.6 Å². The average Bonchev–Trinajstić information content (AvgIpc) is 2.44. The average molecular weight is 279 g/mol. The Kier molecular flexibility index (Phi) is 6.49. The second kappa shape index (κ2) is 8.14. The third-order valence-corrected chi connectivity index (χ3v) is 3.02. The number of nitrogens with one attached hydrogen (secondary N) is 1. The number of carboxylic acid groups (broad SMARTS) is 1. The number of rotatable bonds is 7. The Morgan fingerprint density at radius 2 is 2.20 bits per heavy atom. The Bertz CT molecular complexity index is 437. The van der Waals surface area contributed by atoms with E-state index in [1.54, 1.807) is 18.1 Å². The number of hydrogen-bond acceptors (Lipinski definition) is 3. The summed E-state index contributed by atoms with van der Waals surface area (Å²) in [4.78, 5) is 28.3.